The van der Waals surface area contributed by atoms with Crippen LogP contribution in [0, 0.1) is 5.41 Å². The first-order valence-corrected chi connectivity index (χ1v) is 12.9. The van der Waals surface area contributed by atoms with Crippen molar-refractivity contribution in [2.75, 3.05) is 31.1 Å². The zero-order valence-corrected chi connectivity index (χ0v) is 20.2. The fourth-order valence-electron chi connectivity index (χ4n) is 4.97. The van der Waals surface area contributed by atoms with Crippen LogP contribution in [0.3, 0.4) is 0 Å². The summed E-state index contributed by atoms with van der Waals surface area (Å²) in [4.78, 5) is 31.2. The molecule has 1 spiro atoms. The third-order valence-electron chi connectivity index (χ3n) is 6.72. The highest BCUT2D eigenvalue weighted by molar-refractivity contribution is 7.85. The molecule has 2 aliphatic heterocycles. The first kappa shape index (κ1) is 23.5. The number of anilines is 1. The predicted molar refractivity (Wildman–Crippen MR) is 130 cm³/mol. The number of carbonyl (C=O) groups is 1. The van der Waals surface area contributed by atoms with Crippen LogP contribution in [0.4, 0.5) is 5.82 Å². The third kappa shape index (κ3) is 5.24. The number of aromatic nitrogens is 4. The molecular weight excluding hydrogens is 470 g/mol. The van der Waals surface area contributed by atoms with Crippen molar-refractivity contribution in [3.63, 3.8) is 0 Å². The van der Waals surface area contributed by atoms with E-state index in [-0.39, 0.29) is 18.0 Å². The van der Waals surface area contributed by atoms with Crippen molar-refractivity contribution in [2.45, 2.75) is 32.2 Å². The summed E-state index contributed by atoms with van der Waals surface area (Å²) in [5, 5.41) is 4.40. The second kappa shape index (κ2) is 9.44. The van der Waals surface area contributed by atoms with Crippen molar-refractivity contribution in [1.29, 1.82) is 0 Å². The number of fused-ring (bicyclic) bond motifs is 1. The number of hydrogen-bond acceptors (Lipinski definition) is 10. The Morgan fingerprint density at radius 2 is 1.91 bits per heavy atom. The summed E-state index contributed by atoms with van der Waals surface area (Å²) in [6.45, 7) is 3.72. The van der Waals surface area contributed by atoms with Crippen LogP contribution in [0.1, 0.15) is 26.2 Å². The lowest BCUT2D eigenvalue weighted by Crippen LogP contribution is -2.41. The van der Waals surface area contributed by atoms with Gasteiger partial charge in [-0.1, -0.05) is 0 Å². The number of piperidine rings is 1. The van der Waals surface area contributed by atoms with Gasteiger partial charge in [-0.15, -0.1) is 0 Å². The third-order valence-corrected chi connectivity index (χ3v) is 7.69. The Balaban J connectivity index is 1.29. The van der Waals surface area contributed by atoms with Crippen LogP contribution in [0.5, 0.6) is 0 Å². The van der Waals surface area contributed by atoms with Gasteiger partial charge in [0.05, 0.1) is 11.7 Å². The van der Waals surface area contributed by atoms with Gasteiger partial charge >= 0.3 is 16.3 Å². The van der Waals surface area contributed by atoms with Crippen molar-refractivity contribution in [1.82, 2.24) is 30.0 Å². The van der Waals surface area contributed by atoms with Gasteiger partial charge < -0.3 is 14.4 Å². The molecule has 3 aromatic rings. The molecule has 2 saturated heterocycles. The maximum Gasteiger partial charge on any atom is 0.385 e. The monoisotopic (exact) mass is 497 g/mol. The molecule has 1 unspecified atom stereocenters. The molecule has 5 rings (SSSR count). The highest BCUT2D eigenvalue weighted by atomic mass is 32.2. The van der Waals surface area contributed by atoms with Crippen molar-refractivity contribution in [3.8, 4) is 11.4 Å². The molecule has 35 heavy (non-hydrogen) atoms. The summed E-state index contributed by atoms with van der Waals surface area (Å²) >= 11 is 0. The molecule has 11 nitrogen and oxygen atoms in total. The minimum atomic E-state index is -4.07. The summed E-state index contributed by atoms with van der Waals surface area (Å²) in [5.41, 5.74) is 1.79. The van der Waals surface area contributed by atoms with Gasteiger partial charge in [0.2, 0.25) is 0 Å². The van der Waals surface area contributed by atoms with Crippen LogP contribution in [-0.4, -0.2) is 66.5 Å². The van der Waals surface area contributed by atoms with E-state index in [0.29, 0.717) is 5.82 Å². The molecule has 0 amide bonds. The highest BCUT2D eigenvalue weighted by Crippen LogP contribution is 2.41. The Bertz CT molecular complexity index is 1330. The average molecular weight is 498 g/mol. The molecule has 0 bridgehead atoms. The Labute approximate surface area is 203 Å². The molecule has 5 heterocycles. The molecule has 2 aliphatic rings. The Kier molecular flexibility index (Phi) is 6.34. The van der Waals surface area contributed by atoms with Crippen LogP contribution in [0.2, 0.25) is 0 Å². The van der Waals surface area contributed by atoms with Crippen molar-refractivity contribution < 1.29 is 17.4 Å². The Morgan fingerprint density at radius 3 is 2.66 bits per heavy atom. The fourth-order valence-corrected chi connectivity index (χ4v) is 5.74. The van der Waals surface area contributed by atoms with E-state index in [9.17, 15) is 13.2 Å². The second-order valence-electron chi connectivity index (χ2n) is 9.15. The van der Waals surface area contributed by atoms with Crippen LogP contribution in [0.15, 0.2) is 43.0 Å². The number of hydrogen-bond donors (Lipinski definition) is 2. The predicted octanol–water partition coefficient (Wildman–Crippen LogP) is 1.43. The maximum atomic E-state index is 11.8. The van der Waals surface area contributed by atoms with Gasteiger partial charge in [-0.25, -0.2) is 9.97 Å². The van der Waals surface area contributed by atoms with Gasteiger partial charge in [0.1, 0.15) is 5.82 Å². The van der Waals surface area contributed by atoms with Gasteiger partial charge in [0, 0.05) is 68.7 Å². The van der Waals surface area contributed by atoms with E-state index in [1.165, 1.54) is 0 Å². The van der Waals surface area contributed by atoms with Gasteiger partial charge in [-0.05, 0) is 42.9 Å². The van der Waals surface area contributed by atoms with E-state index < -0.39 is 16.3 Å². The topological polar surface area (TPSA) is 139 Å². The number of nitrogens with one attached hydrogen (secondary N) is 2. The van der Waals surface area contributed by atoms with Gasteiger partial charge in [0.25, 0.3) is 0 Å². The van der Waals surface area contributed by atoms with E-state index in [2.05, 4.69) is 29.1 Å². The maximum absolute atomic E-state index is 11.8. The lowest BCUT2D eigenvalue weighted by Gasteiger charge is -2.40. The number of nitrogens with zero attached hydrogens (tertiary/aromatic N) is 5. The molecule has 0 saturated carbocycles. The average Bonchev–Trinajstić information content (AvgIpc) is 3.25. The zero-order chi connectivity index (χ0) is 24.5. The molecule has 2 fully saturated rings. The van der Waals surface area contributed by atoms with E-state index >= 15 is 0 Å². The van der Waals surface area contributed by atoms with Crippen molar-refractivity contribution >= 4 is 33.0 Å². The van der Waals surface area contributed by atoms with Crippen LogP contribution in [-0.2, 0) is 19.3 Å². The summed E-state index contributed by atoms with van der Waals surface area (Å²) < 4.78 is 30.3. The van der Waals surface area contributed by atoms with Crippen LogP contribution >= 0.6 is 0 Å². The van der Waals surface area contributed by atoms with Crippen molar-refractivity contribution in [3.05, 3.63) is 43.0 Å². The van der Waals surface area contributed by atoms with E-state index in [1.54, 1.807) is 24.8 Å². The molecule has 0 aliphatic carbocycles. The van der Waals surface area contributed by atoms with Crippen molar-refractivity contribution in [2.24, 2.45) is 5.41 Å². The van der Waals surface area contributed by atoms with Crippen LogP contribution in [0.25, 0.3) is 22.3 Å². The van der Waals surface area contributed by atoms with Gasteiger partial charge in [-0.2, -0.15) is 13.1 Å². The van der Waals surface area contributed by atoms with E-state index in [1.807, 2.05) is 18.2 Å². The first-order chi connectivity index (χ1) is 16.8. The Morgan fingerprint density at radius 1 is 1.17 bits per heavy atom. The van der Waals surface area contributed by atoms with Gasteiger partial charge in [0.15, 0.2) is 5.82 Å². The molecule has 1 atom stereocenters. The fraction of sp³-hybridized carbons (Fsp3) is 0.435. The lowest BCUT2D eigenvalue weighted by atomic mass is 9.76. The minimum absolute atomic E-state index is 0.0175. The number of rotatable bonds is 6. The lowest BCUT2D eigenvalue weighted by molar-refractivity contribution is -0.131. The van der Waals surface area contributed by atoms with Crippen LogP contribution < -0.4 is 14.9 Å². The normalized spacial score (nSPS) is 19.8. The zero-order valence-electron chi connectivity index (χ0n) is 19.3. The summed E-state index contributed by atoms with van der Waals surface area (Å²) in [7, 11) is -4.07. The molecule has 0 radical (unpaired) electrons. The summed E-state index contributed by atoms with van der Waals surface area (Å²) in [6, 6.07) is 5.73. The standard InChI is InChI=1S/C23H27N7O4S/c1-16(31)34-35(32,33)27-13-18-12-23(15-26-18)5-10-30(11-6-23)22-19-4-9-25-14-20(19)28-21(29-22)17-2-7-24-8-3-17/h2-4,7-9,14,18,26-27H,5-6,10-13,15H2,1H3. The highest BCUT2D eigenvalue weighted by Gasteiger charge is 2.42. The number of pyridine rings is 2. The molecule has 2 N–H and O–H groups in total. The second-order valence-corrected chi connectivity index (χ2v) is 10.5. The first-order valence-electron chi connectivity index (χ1n) is 11.5. The summed E-state index contributed by atoms with van der Waals surface area (Å²) in [5.74, 6) is 0.683. The molecule has 184 valence electrons. The van der Waals surface area contributed by atoms with Gasteiger partial charge in [-0.3, -0.25) is 14.8 Å². The molecule has 0 aromatic carbocycles. The smallest absolute Gasteiger partial charge is 0.356 e. The quantitative estimate of drug-likeness (QED) is 0.514. The van der Waals surface area contributed by atoms with E-state index in [0.717, 1.165) is 68.1 Å². The van der Waals surface area contributed by atoms with E-state index in [4.69, 9.17) is 9.97 Å². The molecular formula is C23H27N7O4S. The Hall–Kier alpha value is -3.22. The SMILES string of the molecule is CC(=O)OS(=O)(=O)NCC1CC2(CCN(c3nc(-c4ccncc4)nc4cnccc34)CC2)CN1. The minimum Gasteiger partial charge on any atom is -0.356 e. The molecule has 12 heteroatoms. The largest absolute Gasteiger partial charge is 0.385 e. The molecule has 3 aromatic heterocycles. The number of carbonyl (C=O) groups excluding carboxylic acids is 1. The summed E-state index contributed by atoms with van der Waals surface area (Å²) in [6.07, 6.45) is 9.73.